The summed E-state index contributed by atoms with van der Waals surface area (Å²) in [6.45, 7) is 2.01. The summed E-state index contributed by atoms with van der Waals surface area (Å²) in [5.41, 5.74) is 0.703. The van der Waals surface area contributed by atoms with Gasteiger partial charge in [0.15, 0.2) is 17.3 Å². The smallest absolute Gasteiger partial charge is 0.375 e. The number of carbonyl (C=O) groups excluding carboxylic acids is 1. The number of ether oxygens (including phenoxy) is 3. The molecule has 0 fully saturated rings. The zero-order chi connectivity index (χ0) is 14.5. The summed E-state index contributed by atoms with van der Waals surface area (Å²) in [6, 6.07) is 5.25. The number of aromatic amines is 1. The van der Waals surface area contributed by atoms with E-state index in [4.69, 9.17) is 14.2 Å². The van der Waals surface area contributed by atoms with Crippen LogP contribution >= 0.6 is 0 Å². The van der Waals surface area contributed by atoms with Gasteiger partial charge in [0.1, 0.15) is 0 Å². The van der Waals surface area contributed by atoms with Gasteiger partial charge in [-0.2, -0.15) is 5.10 Å². The van der Waals surface area contributed by atoms with E-state index in [2.05, 4.69) is 15.2 Å². The first-order chi connectivity index (χ1) is 9.69. The molecule has 1 aromatic heterocycles. The molecule has 1 heterocycles. The van der Waals surface area contributed by atoms with Gasteiger partial charge in [-0.1, -0.05) is 0 Å². The third kappa shape index (κ3) is 2.71. The number of carbonyl (C=O) groups is 1. The summed E-state index contributed by atoms with van der Waals surface area (Å²) in [5.74, 6) is 1.09. The zero-order valence-corrected chi connectivity index (χ0v) is 11.5. The van der Waals surface area contributed by atoms with Gasteiger partial charge in [0.05, 0.1) is 20.8 Å². The number of hydrogen-bond donors (Lipinski definition) is 1. The molecule has 0 saturated carbocycles. The van der Waals surface area contributed by atoms with Crippen molar-refractivity contribution in [2.45, 2.75) is 6.92 Å². The minimum absolute atomic E-state index is 0.0663. The molecule has 7 nitrogen and oxygen atoms in total. The molecule has 0 radical (unpaired) electrons. The molecule has 0 spiro atoms. The van der Waals surface area contributed by atoms with Crippen molar-refractivity contribution in [3.05, 3.63) is 24.0 Å². The number of nitrogens with zero attached hydrogens (tertiary/aromatic N) is 2. The van der Waals surface area contributed by atoms with Gasteiger partial charge in [-0.05, 0) is 25.1 Å². The third-order valence-electron chi connectivity index (χ3n) is 2.60. The van der Waals surface area contributed by atoms with E-state index in [9.17, 15) is 4.79 Å². The Balaban J connectivity index is 2.30. The largest absolute Gasteiger partial charge is 0.493 e. The lowest BCUT2D eigenvalue weighted by Crippen LogP contribution is -2.06. The van der Waals surface area contributed by atoms with Crippen molar-refractivity contribution in [2.75, 3.05) is 20.8 Å². The predicted molar refractivity (Wildman–Crippen MR) is 70.9 cm³/mol. The summed E-state index contributed by atoms with van der Waals surface area (Å²) < 4.78 is 15.2. The van der Waals surface area contributed by atoms with Crippen molar-refractivity contribution in [3.8, 4) is 22.9 Å². The lowest BCUT2D eigenvalue weighted by molar-refractivity contribution is 0.0512. The second-order valence-corrected chi connectivity index (χ2v) is 3.80. The second-order valence-electron chi connectivity index (χ2n) is 3.80. The molecule has 106 valence electrons. The van der Waals surface area contributed by atoms with Crippen molar-refractivity contribution in [1.82, 2.24) is 15.2 Å². The Morgan fingerprint density at radius 1 is 1.25 bits per heavy atom. The number of aromatic nitrogens is 3. The van der Waals surface area contributed by atoms with Crippen molar-refractivity contribution >= 4 is 5.97 Å². The lowest BCUT2D eigenvalue weighted by atomic mass is 10.2. The van der Waals surface area contributed by atoms with E-state index in [0.717, 1.165) is 0 Å². The highest BCUT2D eigenvalue weighted by atomic mass is 16.5. The fourth-order valence-electron chi connectivity index (χ4n) is 1.66. The number of benzene rings is 1. The van der Waals surface area contributed by atoms with E-state index in [0.29, 0.717) is 22.9 Å². The van der Waals surface area contributed by atoms with Gasteiger partial charge < -0.3 is 14.2 Å². The summed E-state index contributed by atoms with van der Waals surface area (Å²) in [6.07, 6.45) is 0. The van der Waals surface area contributed by atoms with Crippen LogP contribution in [0.2, 0.25) is 0 Å². The van der Waals surface area contributed by atoms with Crippen LogP contribution in [-0.4, -0.2) is 42.0 Å². The minimum Gasteiger partial charge on any atom is -0.493 e. The van der Waals surface area contributed by atoms with Gasteiger partial charge in [0.2, 0.25) is 5.82 Å². The molecule has 20 heavy (non-hydrogen) atoms. The molecule has 7 heteroatoms. The van der Waals surface area contributed by atoms with Crippen LogP contribution in [-0.2, 0) is 4.74 Å². The molecular weight excluding hydrogens is 262 g/mol. The molecular formula is C13H15N3O4. The minimum atomic E-state index is -0.535. The predicted octanol–water partition coefficient (Wildman–Crippen LogP) is 1.67. The molecule has 0 aliphatic carbocycles. The molecule has 0 aliphatic heterocycles. The van der Waals surface area contributed by atoms with Crippen LogP contribution in [0.25, 0.3) is 11.4 Å². The molecule has 0 bridgehead atoms. The number of H-pyrrole nitrogens is 1. The molecule has 0 saturated heterocycles. The molecule has 1 N–H and O–H groups in total. The zero-order valence-electron chi connectivity index (χ0n) is 11.5. The molecule has 1 aromatic carbocycles. The highest BCUT2D eigenvalue weighted by molar-refractivity contribution is 5.85. The second kappa shape index (κ2) is 6.05. The van der Waals surface area contributed by atoms with Crippen molar-refractivity contribution in [1.29, 1.82) is 0 Å². The van der Waals surface area contributed by atoms with E-state index in [1.54, 1.807) is 39.3 Å². The molecule has 0 atom stereocenters. The van der Waals surface area contributed by atoms with Gasteiger partial charge in [-0.15, -0.1) is 0 Å². The summed E-state index contributed by atoms with van der Waals surface area (Å²) in [5, 5.41) is 6.53. The van der Waals surface area contributed by atoms with Crippen molar-refractivity contribution in [2.24, 2.45) is 0 Å². The Hall–Kier alpha value is -2.57. The topological polar surface area (TPSA) is 86.3 Å². The Kier molecular flexibility index (Phi) is 4.19. The van der Waals surface area contributed by atoms with E-state index in [-0.39, 0.29) is 12.4 Å². The van der Waals surface area contributed by atoms with Crippen LogP contribution in [0.4, 0.5) is 0 Å². The van der Waals surface area contributed by atoms with Crippen LogP contribution in [0, 0.1) is 0 Å². The van der Waals surface area contributed by atoms with Gasteiger partial charge >= 0.3 is 5.97 Å². The first-order valence-electron chi connectivity index (χ1n) is 6.01. The molecule has 0 aliphatic rings. The fourth-order valence-corrected chi connectivity index (χ4v) is 1.66. The SMILES string of the molecule is CCOC(=O)c1nc(-c2ccc(OC)c(OC)c2)n[nH]1. The summed E-state index contributed by atoms with van der Waals surface area (Å²) in [7, 11) is 3.10. The maximum absolute atomic E-state index is 11.5. The third-order valence-corrected chi connectivity index (χ3v) is 2.60. The quantitative estimate of drug-likeness (QED) is 0.836. The van der Waals surface area contributed by atoms with Crippen LogP contribution in [0.5, 0.6) is 11.5 Å². The maximum Gasteiger partial charge on any atom is 0.375 e. The van der Waals surface area contributed by atoms with Crippen LogP contribution in [0.3, 0.4) is 0 Å². The summed E-state index contributed by atoms with van der Waals surface area (Å²) >= 11 is 0. The van der Waals surface area contributed by atoms with Crippen molar-refractivity contribution in [3.63, 3.8) is 0 Å². The van der Waals surface area contributed by atoms with Crippen LogP contribution in [0.15, 0.2) is 18.2 Å². The van der Waals surface area contributed by atoms with Crippen LogP contribution < -0.4 is 9.47 Å². The van der Waals surface area contributed by atoms with Crippen molar-refractivity contribution < 1.29 is 19.0 Å². The average molecular weight is 277 g/mol. The Morgan fingerprint density at radius 3 is 2.65 bits per heavy atom. The number of hydrogen-bond acceptors (Lipinski definition) is 6. The normalized spacial score (nSPS) is 10.2. The first-order valence-corrected chi connectivity index (χ1v) is 6.01. The molecule has 2 rings (SSSR count). The molecule has 2 aromatic rings. The molecule has 0 unspecified atom stereocenters. The summed E-state index contributed by atoms with van der Waals surface area (Å²) in [4.78, 5) is 15.6. The van der Waals surface area contributed by atoms with E-state index >= 15 is 0 Å². The van der Waals surface area contributed by atoms with Gasteiger partial charge in [-0.25, -0.2) is 9.78 Å². The number of nitrogens with one attached hydrogen (secondary N) is 1. The van der Waals surface area contributed by atoms with Gasteiger partial charge in [-0.3, -0.25) is 5.10 Å². The van der Waals surface area contributed by atoms with Gasteiger partial charge in [0.25, 0.3) is 0 Å². The molecule has 0 amide bonds. The van der Waals surface area contributed by atoms with E-state index in [1.165, 1.54) is 0 Å². The number of rotatable bonds is 5. The Morgan fingerprint density at radius 2 is 2.00 bits per heavy atom. The standard InChI is InChI=1S/C13H15N3O4/c1-4-20-13(17)12-14-11(15-16-12)8-5-6-9(18-2)10(7-8)19-3/h5-7H,4H2,1-3H3,(H,14,15,16). The van der Waals surface area contributed by atoms with E-state index < -0.39 is 5.97 Å². The number of esters is 1. The lowest BCUT2D eigenvalue weighted by Gasteiger charge is -2.07. The first kappa shape index (κ1) is 13.9. The Labute approximate surface area is 115 Å². The highest BCUT2D eigenvalue weighted by Gasteiger charge is 2.15. The number of methoxy groups -OCH3 is 2. The highest BCUT2D eigenvalue weighted by Crippen LogP contribution is 2.30. The monoisotopic (exact) mass is 277 g/mol. The Bertz CT molecular complexity index is 609. The average Bonchev–Trinajstić information content (AvgIpc) is 2.96. The van der Waals surface area contributed by atoms with Crippen LogP contribution in [0.1, 0.15) is 17.5 Å². The fraction of sp³-hybridized carbons (Fsp3) is 0.308. The maximum atomic E-state index is 11.5. The van der Waals surface area contributed by atoms with Gasteiger partial charge in [0, 0.05) is 5.56 Å². The van der Waals surface area contributed by atoms with E-state index in [1.807, 2.05) is 0 Å².